The molecule has 0 saturated heterocycles. The first-order chi connectivity index (χ1) is 9.33. The third kappa shape index (κ3) is 2.09. The number of nitrogens with zero attached hydrogens (tertiary/aromatic N) is 1. The Balaban J connectivity index is 1.90. The molecule has 2 aromatic rings. The van der Waals surface area contributed by atoms with Gasteiger partial charge in [-0.25, -0.2) is 0 Å². The van der Waals surface area contributed by atoms with Crippen LogP contribution in [0.2, 0.25) is 0 Å². The lowest BCUT2D eigenvalue weighted by Gasteiger charge is -2.36. The zero-order chi connectivity index (χ0) is 13.2. The monoisotopic (exact) mass is 255 g/mol. The van der Waals surface area contributed by atoms with Crippen LogP contribution in [0.5, 0.6) is 5.75 Å². The molecule has 0 aliphatic heterocycles. The van der Waals surface area contributed by atoms with E-state index in [1.54, 1.807) is 13.3 Å². The molecule has 2 unspecified atom stereocenters. The van der Waals surface area contributed by atoms with Gasteiger partial charge in [-0.15, -0.1) is 0 Å². The second-order valence-corrected chi connectivity index (χ2v) is 4.81. The molecule has 0 bridgehead atoms. The van der Waals surface area contributed by atoms with Crippen LogP contribution in [0.3, 0.4) is 0 Å². The Hall–Kier alpha value is -1.91. The van der Waals surface area contributed by atoms with Gasteiger partial charge in [0.25, 0.3) is 0 Å². The van der Waals surface area contributed by atoms with Crippen LogP contribution in [0.1, 0.15) is 28.7 Å². The summed E-state index contributed by atoms with van der Waals surface area (Å²) in [4.78, 5) is 4.20. The summed E-state index contributed by atoms with van der Waals surface area (Å²) in [6.07, 6.45) is 4.59. The number of pyridine rings is 1. The molecule has 4 nitrogen and oxygen atoms in total. The van der Waals surface area contributed by atoms with Crippen molar-refractivity contribution in [3.63, 3.8) is 0 Å². The second kappa shape index (κ2) is 4.99. The van der Waals surface area contributed by atoms with Crippen LogP contribution in [-0.2, 0) is 6.42 Å². The van der Waals surface area contributed by atoms with E-state index in [-0.39, 0.29) is 6.04 Å². The van der Waals surface area contributed by atoms with Crippen LogP contribution < -0.4 is 16.0 Å². The first kappa shape index (κ1) is 12.1. The van der Waals surface area contributed by atoms with Crippen LogP contribution in [0.15, 0.2) is 42.7 Å². The summed E-state index contributed by atoms with van der Waals surface area (Å²) in [5.41, 5.74) is 6.75. The SMILES string of the molecule is COc1cncc(C(NN)C2Cc3ccccc32)c1. The van der Waals surface area contributed by atoms with E-state index in [4.69, 9.17) is 10.6 Å². The van der Waals surface area contributed by atoms with E-state index in [9.17, 15) is 0 Å². The van der Waals surface area contributed by atoms with Crippen molar-refractivity contribution in [1.82, 2.24) is 10.4 Å². The Morgan fingerprint density at radius 3 is 2.95 bits per heavy atom. The topological polar surface area (TPSA) is 60.2 Å². The van der Waals surface area contributed by atoms with Crippen molar-refractivity contribution in [2.75, 3.05) is 7.11 Å². The molecule has 0 fully saturated rings. The fourth-order valence-corrected chi connectivity index (χ4v) is 2.76. The molecule has 1 aliphatic carbocycles. The number of ether oxygens (including phenoxy) is 1. The second-order valence-electron chi connectivity index (χ2n) is 4.81. The molecule has 0 amide bonds. The molecule has 2 atom stereocenters. The predicted molar refractivity (Wildman–Crippen MR) is 73.7 cm³/mol. The lowest BCUT2D eigenvalue weighted by Crippen LogP contribution is -2.37. The molecule has 0 saturated carbocycles. The minimum absolute atomic E-state index is 0.0671. The van der Waals surface area contributed by atoms with E-state index in [2.05, 4.69) is 34.7 Å². The van der Waals surface area contributed by atoms with Gasteiger partial charge in [0.2, 0.25) is 0 Å². The van der Waals surface area contributed by atoms with Crippen molar-refractivity contribution >= 4 is 0 Å². The Morgan fingerprint density at radius 1 is 1.37 bits per heavy atom. The molecule has 1 aromatic heterocycles. The standard InChI is InChI=1S/C15H17N3O/c1-19-12-6-11(8-17-9-12)15(18-16)14-7-10-4-2-3-5-13(10)14/h2-6,8-9,14-15,18H,7,16H2,1H3. The fourth-order valence-electron chi connectivity index (χ4n) is 2.76. The predicted octanol–water partition coefficient (Wildman–Crippen LogP) is 1.93. The van der Waals surface area contributed by atoms with Gasteiger partial charge in [-0.1, -0.05) is 24.3 Å². The number of nitrogens with two attached hydrogens (primary N) is 1. The Kier molecular flexibility index (Phi) is 3.19. The fraction of sp³-hybridized carbons (Fsp3) is 0.267. The third-order valence-electron chi connectivity index (χ3n) is 3.81. The molecular weight excluding hydrogens is 238 g/mol. The first-order valence-corrected chi connectivity index (χ1v) is 6.36. The van der Waals surface area contributed by atoms with Crippen molar-refractivity contribution in [2.45, 2.75) is 18.4 Å². The lowest BCUT2D eigenvalue weighted by molar-refractivity contribution is 0.400. The highest BCUT2D eigenvalue weighted by Gasteiger charge is 2.33. The van der Waals surface area contributed by atoms with Gasteiger partial charge < -0.3 is 4.74 Å². The van der Waals surface area contributed by atoms with Crippen LogP contribution in [0.4, 0.5) is 0 Å². The molecule has 1 heterocycles. The van der Waals surface area contributed by atoms with E-state index in [0.717, 1.165) is 17.7 Å². The van der Waals surface area contributed by atoms with Crippen LogP contribution in [-0.4, -0.2) is 12.1 Å². The highest BCUT2D eigenvalue weighted by Crippen LogP contribution is 2.43. The zero-order valence-corrected chi connectivity index (χ0v) is 10.8. The van der Waals surface area contributed by atoms with Crippen molar-refractivity contribution in [1.29, 1.82) is 0 Å². The average molecular weight is 255 g/mol. The molecule has 3 N–H and O–H groups in total. The summed E-state index contributed by atoms with van der Waals surface area (Å²) in [6, 6.07) is 10.5. The third-order valence-corrected chi connectivity index (χ3v) is 3.81. The largest absolute Gasteiger partial charge is 0.495 e. The number of hydrogen-bond acceptors (Lipinski definition) is 4. The number of hydrazine groups is 1. The summed E-state index contributed by atoms with van der Waals surface area (Å²) in [5, 5.41) is 0. The number of benzene rings is 1. The molecule has 0 spiro atoms. The maximum Gasteiger partial charge on any atom is 0.137 e. The van der Waals surface area contributed by atoms with Crippen molar-refractivity contribution in [2.24, 2.45) is 5.84 Å². The van der Waals surface area contributed by atoms with E-state index in [1.165, 1.54) is 11.1 Å². The summed E-state index contributed by atoms with van der Waals surface area (Å²) in [7, 11) is 1.64. The summed E-state index contributed by atoms with van der Waals surface area (Å²) < 4.78 is 5.22. The smallest absolute Gasteiger partial charge is 0.137 e. The summed E-state index contributed by atoms with van der Waals surface area (Å²) >= 11 is 0. The first-order valence-electron chi connectivity index (χ1n) is 6.36. The van der Waals surface area contributed by atoms with Gasteiger partial charge in [-0.3, -0.25) is 16.3 Å². The van der Waals surface area contributed by atoms with Gasteiger partial charge in [-0.2, -0.15) is 0 Å². The maximum absolute atomic E-state index is 5.75. The normalized spacial score (nSPS) is 18.3. The quantitative estimate of drug-likeness (QED) is 0.647. The Labute approximate surface area is 112 Å². The van der Waals surface area contributed by atoms with Crippen LogP contribution in [0, 0.1) is 0 Å². The number of rotatable bonds is 4. The molecule has 19 heavy (non-hydrogen) atoms. The van der Waals surface area contributed by atoms with Crippen molar-refractivity contribution in [3.8, 4) is 5.75 Å². The number of hydrogen-bond donors (Lipinski definition) is 2. The minimum atomic E-state index is 0.0671. The van der Waals surface area contributed by atoms with Crippen molar-refractivity contribution in [3.05, 3.63) is 59.4 Å². The van der Waals surface area contributed by atoms with Gasteiger partial charge in [-0.05, 0) is 29.2 Å². The van der Waals surface area contributed by atoms with E-state index >= 15 is 0 Å². The number of nitrogens with one attached hydrogen (secondary N) is 1. The van der Waals surface area contributed by atoms with Gasteiger partial charge in [0, 0.05) is 12.1 Å². The van der Waals surface area contributed by atoms with Gasteiger partial charge in [0.15, 0.2) is 0 Å². The number of aromatic nitrogens is 1. The number of methoxy groups -OCH3 is 1. The highest BCUT2D eigenvalue weighted by molar-refractivity contribution is 5.43. The molecule has 4 heteroatoms. The zero-order valence-electron chi connectivity index (χ0n) is 10.8. The molecular formula is C15H17N3O. The van der Waals surface area contributed by atoms with E-state index in [0.29, 0.717) is 5.92 Å². The maximum atomic E-state index is 5.75. The molecule has 0 radical (unpaired) electrons. The lowest BCUT2D eigenvalue weighted by atomic mass is 9.72. The van der Waals surface area contributed by atoms with Crippen LogP contribution in [0.25, 0.3) is 0 Å². The van der Waals surface area contributed by atoms with E-state index < -0.39 is 0 Å². The summed E-state index contributed by atoms with van der Waals surface area (Å²) in [5.74, 6) is 6.90. The molecule has 98 valence electrons. The average Bonchev–Trinajstić information content (AvgIpc) is 2.45. The Morgan fingerprint density at radius 2 is 2.21 bits per heavy atom. The number of fused-ring (bicyclic) bond motifs is 1. The van der Waals surface area contributed by atoms with Crippen molar-refractivity contribution < 1.29 is 4.74 Å². The highest BCUT2D eigenvalue weighted by atomic mass is 16.5. The minimum Gasteiger partial charge on any atom is -0.495 e. The molecule has 3 rings (SSSR count). The Bertz CT molecular complexity index is 585. The van der Waals surface area contributed by atoms with Gasteiger partial charge in [0.1, 0.15) is 5.75 Å². The van der Waals surface area contributed by atoms with Gasteiger partial charge in [0.05, 0.1) is 19.3 Å². The van der Waals surface area contributed by atoms with Crippen LogP contribution >= 0.6 is 0 Å². The van der Waals surface area contributed by atoms with E-state index in [1.807, 2.05) is 12.3 Å². The molecule has 1 aromatic carbocycles. The molecule has 1 aliphatic rings. The summed E-state index contributed by atoms with van der Waals surface area (Å²) in [6.45, 7) is 0. The van der Waals surface area contributed by atoms with Gasteiger partial charge >= 0.3 is 0 Å².